The number of rotatable bonds is 2. The number of nitrogen functional groups attached to an aromatic ring is 1. The summed E-state index contributed by atoms with van der Waals surface area (Å²) in [4.78, 5) is 7.79. The molecular formula is C8H11ClN4. The number of nitrogens with one attached hydrogen (secondary N) is 1. The Labute approximate surface area is 81.5 Å². The van der Waals surface area contributed by atoms with Crippen LogP contribution in [-0.4, -0.2) is 16.0 Å². The molecule has 2 unspecified atom stereocenters. The van der Waals surface area contributed by atoms with Crippen molar-refractivity contribution in [1.82, 2.24) is 9.97 Å². The molecule has 0 aromatic carbocycles. The molecule has 70 valence electrons. The SMILES string of the molecule is CC1CC1Nc1cc(Cl)nc(N)n1. The van der Waals surface area contributed by atoms with E-state index in [1.807, 2.05) is 0 Å². The van der Waals surface area contributed by atoms with Gasteiger partial charge in [0.1, 0.15) is 11.0 Å². The molecule has 2 rings (SSSR count). The van der Waals surface area contributed by atoms with Gasteiger partial charge in [0.25, 0.3) is 0 Å². The van der Waals surface area contributed by atoms with E-state index < -0.39 is 0 Å². The van der Waals surface area contributed by atoms with E-state index in [1.54, 1.807) is 6.07 Å². The standard InChI is InChI=1S/C8H11ClN4/c1-4-2-5(4)11-7-3-6(9)12-8(10)13-7/h3-5H,2H2,1H3,(H3,10,11,12,13). The van der Waals surface area contributed by atoms with E-state index in [0.717, 1.165) is 5.92 Å². The van der Waals surface area contributed by atoms with Crippen LogP contribution < -0.4 is 11.1 Å². The fourth-order valence-electron chi connectivity index (χ4n) is 1.22. The predicted molar refractivity (Wildman–Crippen MR) is 52.6 cm³/mol. The zero-order valence-electron chi connectivity index (χ0n) is 7.29. The molecule has 5 heteroatoms. The molecular weight excluding hydrogens is 188 g/mol. The van der Waals surface area contributed by atoms with Crippen LogP contribution in [0, 0.1) is 5.92 Å². The molecule has 2 atom stereocenters. The van der Waals surface area contributed by atoms with Gasteiger partial charge in [0.2, 0.25) is 5.95 Å². The van der Waals surface area contributed by atoms with Gasteiger partial charge in [0.15, 0.2) is 0 Å². The van der Waals surface area contributed by atoms with Crippen molar-refractivity contribution in [2.45, 2.75) is 19.4 Å². The third-order valence-electron chi connectivity index (χ3n) is 2.15. The van der Waals surface area contributed by atoms with Crippen LogP contribution in [0.3, 0.4) is 0 Å². The average Bonchev–Trinajstić information content (AvgIpc) is 2.63. The van der Waals surface area contributed by atoms with Crippen LogP contribution in [0.2, 0.25) is 5.15 Å². The minimum atomic E-state index is 0.211. The van der Waals surface area contributed by atoms with Crippen molar-refractivity contribution >= 4 is 23.4 Å². The second kappa shape index (κ2) is 3.03. The summed E-state index contributed by atoms with van der Waals surface area (Å²) in [6.45, 7) is 2.18. The number of aromatic nitrogens is 2. The molecule has 0 spiro atoms. The zero-order chi connectivity index (χ0) is 9.42. The molecule has 0 radical (unpaired) electrons. The first-order chi connectivity index (χ1) is 6.15. The Morgan fingerprint density at radius 1 is 1.62 bits per heavy atom. The molecule has 1 aliphatic rings. The van der Waals surface area contributed by atoms with Crippen molar-refractivity contribution in [2.75, 3.05) is 11.1 Å². The summed E-state index contributed by atoms with van der Waals surface area (Å²) in [6.07, 6.45) is 1.18. The Morgan fingerprint density at radius 3 is 2.85 bits per heavy atom. The van der Waals surface area contributed by atoms with E-state index in [1.165, 1.54) is 6.42 Å². The quantitative estimate of drug-likeness (QED) is 0.708. The summed E-state index contributed by atoms with van der Waals surface area (Å²) in [7, 11) is 0. The maximum atomic E-state index is 5.72. The van der Waals surface area contributed by atoms with Gasteiger partial charge < -0.3 is 11.1 Å². The van der Waals surface area contributed by atoms with Crippen molar-refractivity contribution in [2.24, 2.45) is 5.92 Å². The van der Waals surface area contributed by atoms with Gasteiger partial charge in [0, 0.05) is 12.1 Å². The number of nitrogens with zero attached hydrogens (tertiary/aromatic N) is 2. The van der Waals surface area contributed by atoms with Gasteiger partial charge in [-0.25, -0.2) is 4.98 Å². The largest absolute Gasteiger partial charge is 0.368 e. The fraction of sp³-hybridized carbons (Fsp3) is 0.500. The predicted octanol–water partition coefficient (Wildman–Crippen LogP) is 1.53. The fourth-order valence-corrected chi connectivity index (χ4v) is 1.41. The van der Waals surface area contributed by atoms with Crippen LogP contribution in [0.4, 0.5) is 11.8 Å². The first-order valence-corrected chi connectivity index (χ1v) is 4.59. The highest BCUT2D eigenvalue weighted by Crippen LogP contribution is 2.32. The molecule has 1 heterocycles. The van der Waals surface area contributed by atoms with Crippen LogP contribution in [0.25, 0.3) is 0 Å². The molecule has 1 saturated carbocycles. The topological polar surface area (TPSA) is 63.8 Å². The normalized spacial score (nSPS) is 25.7. The summed E-state index contributed by atoms with van der Waals surface area (Å²) in [6, 6.07) is 2.20. The first-order valence-electron chi connectivity index (χ1n) is 4.22. The molecule has 0 saturated heterocycles. The summed E-state index contributed by atoms with van der Waals surface area (Å²) in [5, 5.41) is 3.61. The highest BCUT2D eigenvalue weighted by atomic mass is 35.5. The van der Waals surface area contributed by atoms with Crippen LogP contribution >= 0.6 is 11.6 Å². The van der Waals surface area contributed by atoms with E-state index in [4.69, 9.17) is 17.3 Å². The smallest absolute Gasteiger partial charge is 0.223 e. The van der Waals surface area contributed by atoms with E-state index in [-0.39, 0.29) is 5.95 Å². The summed E-state index contributed by atoms with van der Waals surface area (Å²) in [5.74, 6) is 1.64. The van der Waals surface area contributed by atoms with Crippen LogP contribution in [-0.2, 0) is 0 Å². The van der Waals surface area contributed by atoms with Crippen molar-refractivity contribution < 1.29 is 0 Å². The number of anilines is 2. The molecule has 13 heavy (non-hydrogen) atoms. The number of hydrogen-bond donors (Lipinski definition) is 2. The maximum Gasteiger partial charge on any atom is 0.223 e. The summed E-state index contributed by atoms with van der Waals surface area (Å²) < 4.78 is 0. The highest BCUT2D eigenvalue weighted by molar-refractivity contribution is 6.29. The molecule has 1 aromatic rings. The molecule has 4 nitrogen and oxygen atoms in total. The number of nitrogens with two attached hydrogens (primary N) is 1. The molecule has 3 N–H and O–H groups in total. The van der Waals surface area contributed by atoms with Gasteiger partial charge >= 0.3 is 0 Å². The van der Waals surface area contributed by atoms with Gasteiger partial charge in [-0.15, -0.1) is 0 Å². The molecule has 1 aliphatic carbocycles. The Bertz CT molecular complexity index is 308. The van der Waals surface area contributed by atoms with Gasteiger partial charge in [0.05, 0.1) is 0 Å². The van der Waals surface area contributed by atoms with Crippen molar-refractivity contribution in [3.8, 4) is 0 Å². The average molecular weight is 199 g/mol. The van der Waals surface area contributed by atoms with Gasteiger partial charge in [-0.05, 0) is 12.3 Å². The van der Waals surface area contributed by atoms with E-state index in [0.29, 0.717) is 17.0 Å². The third kappa shape index (κ3) is 2.01. The molecule has 0 bridgehead atoms. The lowest BCUT2D eigenvalue weighted by molar-refractivity contribution is 0.922. The van der Waals surface area contributed by atoms with Crippen molar-refractivity contribution in [3.05, 3.63) is 11.2 Å². The lowest BCUT2D eigenvalue weighted by Crippen LogP contribution is -2.07. The monoisotopic (exact) mass is 198 g/mol. The van der Waals surface area contributed by atoms with Crippen LogP contribution in [0.1, 0.15) is 13.3 Å². The van der Waals surface area contributed by atoms with E-state index in [2.05, 4.69) is 22.2 Å². The van der Waals surface area contributed by atoms with Gasteiger partial charge in [-0.1, -0.05) is 18.5 Å². The number of hydrogen-bond acceptors (Lipinski definition) is 4. The second-order valence-corrected chi connectivity index (χ2v) is 3.79. The Balaban J connectivity index is 2.11. The lowest BCUT2D eigenvalue weighted by atomic mass is 10.4. The van der Waals surface area contributed by atoms with Crippen LogP contribution in [0.5, 0.6) is 0 Å². The van der Waals surface area contributed by atoms with E-state index in [9.17, 15) is 0 Å². The van der Waals surface area contributed by atoms with Crippen LogP contribution in [0.15, 0.2) is 6.07 Å². The van der Waals surface area contributed by atoms with E-state index >= 15 is 0 Å². The minimum absolute atomic E-state index is 0.211. The first kappa shape index (κ1) is 8.56. The molecule has 1 fully saturated rings. The number of halogens is 1. The Kier molecular flexibility index (Phi) is 2.00. The molecule has 0 amide bonds. The highest BCUT2D eigenvalue weighted by Gasteiger charge is 2.32. The van der Waals surface area contributed by atoms with Gasteiger partial charge in [-0.3, -0.25) is 0 Å². The minimum Gasteiger partial charge on any atom is -0.368 e. The lowest BCUT2D eigenvalue weighted by Gasteiger charge is -2.04. The summed E-state index contributed by atoms with van der Waals surface area (Å²) >= 11 is 5.72. The van der Waals surface area contributed by atoms with Crippen molar-refractivity contribution in [1.29, 1.82) is 0 Å². The van der Waals surface area contributed by atoms with Gasteiger partial charge in [-0.2, -0.15) is 4.98 Å². The third-order valence-corrected chi connectivity index (χ3v) is 2.35. The maximum absolute atomic E-state index is 5.72. The zero-order valence-corrected chi connectivity index (χ0v) is 8.04. The Morgan fingerprint density at radius 2 is 2.31 bits per heavy atom. The second-order valence-electron chi connectivity index (χ2n) is 3.40. The molecule has 1 aromatic heterocycles. The van der Waals surface area contributed by atoms with Crippen molar-refractivity contribution in [3.63, 3.8) is 0 Å². The molecule has 0 aliphatic heterocycles. The summed E-state index contributed by atoms with van der Waals surface area (Å²) in [5.41, 5.74) is 5.44. The Hall–Kier alpha value is -1.03.